The highest BCUT2D eigenvalue weighted by Gasteiger charge is 2.16. The Hall–Kier alpha value is -2.62. The van der Waals surface area contributed by atoms with Gasteiger partial charge in [0, 0.05) is 11.7 Å². The summed E-state index contributed by atoms with van der Waals surface area (Å²) in [7, 11) is 0. The van der Waals surface area contributed by atoms with E-state index >= 15 is 0 Å². The van der Waals surface area contributed by atoms with Crippen molar-refractivity contribution in [2.45, 2.75) is 32.7 Å². The minimum Gasteiger partial charge on any atom is -0.345 e. The molecule has 0 bridgehead atoms. The molecule has 0 radical (unpaired) electrons. The van der Waals surface area contributed by atoms with Crippen LogP contribution in [0.2, 0.25) is 0 Å². The van der Waals surface area contributed by atoms with Gasteiger partial charge in [-0.3, -0.25) is 9.59 Å². The summed E-state index contributed by atoms with van der Waals surface area (Å²) in [4.78, 5) is 23.9. The Balaban J connectivity index is 1.81. The fraction of sp³-hybridized carbons (Fsp3) is 0.263. The quantitative estimate of drug-likeness (QED) is 0.834. The van der Waals surface area contributed by atoms with E-state index in [2.05, 4.69) is 22.8 Å². The molecule has 0 aliphatic rings. The van der Waals surface area contributed by atoms with Crippen molar-refractivity contribution in [1.29, 1.82) is 0 Å². The number of carbonyl (C=O) groups excluding carboxylic acids is 2. The molecule has 0 aromatic heterocycles. The second-order valence-electron chi connectivity index (χ2n) is 5.67. The molecule has 0 spiro atoms. The van der Waals surface area contributed by atoms with E-state index < -0.39 is 11.8 Å². The van der Waals surface area contributed by atoms with Crippen molar-refractivity contribution in [1.82, 2.24) is 5.32 Å². The van der Waals surface area contributed by atoms with Crippen LogP contribution in [-0.4, -0.2) is 17.9 Å². The van der Waals surface area contributed by atoms with Gasteiger partial charge in [0.25, 0.3) is 0 Å². The molecule has 0 aliphatic carbocycles. The highest BCUT2D eigenvalue weighted by molar-refractivity contribution is 6.39. The van der Waals surface area contributed by atoms with Crippen LogP contribution in [0.15, 0.2) is 54.6 Å². The maximum absolute atomic E-state index is 12.0. The van der Waals surface area contributed by atoms with Gasteiger partial charge in [0.05, 0.1) is 0 Å². The maximum atomic E-state index is 12.0. The lowest BCUT2D eigenvalue weighted by atomic mass is 10.1. The fourth-order valence-electron chi connectivity index (χ4n) is 2.28. The SMILES string of the molecule is Cc1ccccc1NC(=O)C(=O)N[C@H](C)CCc1ccccc1. The van der Waals surface area contributed by atoms with Crippen molar-refractivity contribution in [2.24, 2.45) is 0 Å². The molecule has 0 unspecified atom stereocenters. The Morgan fingerprint density at radius 3 is 2.30 bits per heavy atom. The Kier molecular flexibility index (Phi) is 5.92. The second kappa shape index (κ2) is 8.13. The van der Waals surface area contributed by atoms with E-state index in [1.807, 2.05) is 50.2 Å². The van der Waals surface area contributed by atoms with E-state index in [1.54, 1.807) is 6.07 Å². The average Bonchev–Trinajstić information content (AvgIpc) is 2.56. The van der Waals surface area contributed by atoms with Gasteiger partial charge in [-0.15, -0.1) is 0 Å². The molecule has 2 amide bonds. The number of benzene rings is 2. The smallest absolute Gasteiger partial charge is 0.313 e. The summed E-state index contributed by atoms with van der Waals surface area (Å²) in [6, 6.07) is 17.4. The summed E-state index contributed by atoms with van der Waals surface area (Å²) in [5.41, 5.74) is 2.80. The van der Waals surface area contributed by atoms with Gasteiger partial charge < -0.3 is 10.6 Å². The largest absolute Gasteiger partial charge is 0.345 e. The topological polar surface area (TPSA) is 58.2 Å². The van der Waals surface area contributed by atoms with Crippen LogP contribution in [0.25, 0.3) is 0 Å². The Morgan fingerprint density at radius 1 is 0.957 bits per heavy atom. The number of rotatable bonds is 5. The maximum Gasteiger partial charge on any atom is 0.313 e. The molecule has 23 heavy (non-hydrogen) atoms. The van der Waals surface area contributed by atoms with Crippen LogP contribution in [0.1, 0.15) is 24.5 Å². The Bertz CT molecular complexity index is 668. The monoisotopic (exact) mass is 310 g/mol. The lowest BCUT2D eigenvalue weighted by Crippen LogP contribution is -2.40. The van der Waals surface area contributed by atoms with Crippen LogP contribution in [0.4, 0.5) is 5.69 Å². The number of hydrogen-bond donors (Lipinski definition) is 2. The van der Waals surface area contributed by atoms with Crippen LogP contribution in [0.5, 0.6) is 0 Å². The third-order valence-corrected chi connectivity index (χ3v) is 3.69. The minimum absolute atomic E-state index is 0.0645. The van der Waals surface area contributed by atoms with Gasteiger partial charge in [-0.05, 0) is 43.9 Å². The standard InChI is InChI=1S/C19H22N2O2/c1-14-8-6-7-11-17(14)21-19(23)18(22)20-15(2)12-13-16-9-4-3-5-10-16/h3-11,15H,12-13H2,1-2H3,(H,20,22)(H,21,23)/t15-/m1/s1. The molecule has 2 aromatic rings. The van der Waals surface area contributed by atoms with Gasteiger partial charge >= 0.3 is 11.8 Å². The van der Waals surface area contributed by atoms with Gasteiger partial charge in [0.15, 0.2) is 0 Å². The van der Waals surface area contributed by atoms with E-state index in [0.717, 1.165) is 18.4 Å². The van der Waals surface area contributed by atoms with E-state index in [4.69, 9.17) is 0 Å². The van der Waals surface area contributed by atoms with Crippen molar-refractivity contribution in [2.75, 3.05) is 5.32 Å². The van der Waals surface area contributed by atoms with E-state index in [9.17, 15) is 9.59 Å². The van der Waals surface area contributed by atoms with Gasteiger partial charge in [0.2, 0.25) is 0 Å². The molecule has 2 N–H and O–H groups in total. The van der Waals surface area contributed by atoms with Gasteiger partial charge in [0.1, 0.15) is 0 Å². The summed E-state index contributed by atoms with van der Waals surface area (Å²) in [5.74, 6) is -1.24. The number of hydrogen-bond acceptors (Lipinski definition) is 2. The predicted molar refractivity (Wildman–Crippen MR) is 92.2 cm³/mol. The van der Waals surface area contributed by atoms with Gasteiger partial charge in [-0.1, -0.05) is 48.5 Å². The zero-order chi connectivity index (χ0) is 16.7. The summed E-state index contributed by atoms with van der Waals surface area (Å²) < 4.78 is 0. The predicted octanol–water partition coefficient (Wildman–Crippen LogP) is 3.07. The molecule has 2 aromatic carbocycles. The highest BCUT2D eigenvalue weighted by atomic mass is 16.2. The lowest BCUT2D eigenvalue weighted by molar-refractivity contribution is -0.136. The molecule has 1 atom stereocenters. The molecule has 0 saturated heterocycles. The van der Waals surface area contributed by atoms with Crippen molar-refractivity contribution < 1.29 is 9.59 Å². The van der Waals surface area contributed by atoms with Gasteiger partial charge in [-0.25, -0.2) is 0 Å². The fourth-order valence-corrected chi connectivity index (χ4v) is 2.28. The molecule has 0 saturated carbocycles. The third-order valence-electron chi connectivity index (χ3n) is 3.69. The lowest BCUT2D eigenvalue weighted by Gasteiger charge is -2.14. The van der Waals surface area contributed by atoms with E-state index in [1.165, 1.54) is 5.56 Å². The van der Waals surface area contributed by atoms with Crippen molar-refractivity contribution >= 4 is 17.5 Å². The van der Waals surface area contributed by atoms with Crippen molar-refractivity contribution in [3.8, 4) is 0 Å². The number of para-hydroxylation sites is 1. The summed E-state index contributed by atoms with van der Waals surface area (Å²) in [6.45, 7) is 3.79. The van der Waals surface area contributed by atoms with Crippen LogP contribution in [-0.2, 0) is 16.0 Å². The molecule has 120 valence electrons. The average molecular weight is 310 g/mol. The highest BCUT2D eigenvalue weighted by Crippen LogP contribution is 2.12. The zero-order valence-corrected chi connectivity index (χ0v) is 13.5. The summed E-state index contributed by atoms with van der Waals surface area (Å²) in [5, 5.41) is 5.38. The van der Waals surface area contributed by atoms with Crippen LogP contribution < -0.4 is 10.6 Å². The molecule has 0 aliphatic heterocycles. The van der Waals surface area contributed by atoms with Crippen molar-refractivity contribution in [3.63, 3.8) is 0 Å². The van der Waals surface area contributed by atoms with Crippen LogP contribution in [0, 0.1) is 6.92 Å². The first-order valence-corrected chi connectivity index (χ1v) is 7.77. The molecule has 2 rings (SSSR count). The number of anilines is 1. The Labute approximate surface area is 136 Å². The first-order chi connectivity index (χ1) is 11.1. The minimum atomic E-state index is -0.633. The molecule has 4 heteroatoms. The molecule has 0 fully saturated rings. The molecular weight excluding hydrogens is 288 g/mol. The van der Waals surface area contributed by atoms with Gasteiger partial charge in [-0.2, -0.15) is 0 Å². The summed E-state index contributed by atoms with van der Waals surface area (Å²) in [6.07, 6.45) is 1.65. The second-order valence-corrected chi connectivity index (χ2v) is 5.67. The van der Waals surface area contributed by atoms with E-state index in [0.29, 0.717) is 5.69 Å². The number of amides is 2. The normalized spacial score (nSPS) is 11.6. The Morgan fingerprint density at radius 2 is 1.61 bits per heavy atom. The van der Waals surface area contributed by atoms with Crippen LogP contribution >= 0.6 is 0 Å². The molecule has 4 nitrogen and oxygen atoms in total. The number of nitrogens with one attached hydrogen (secondary N) is 2. The van der Waals surface area contributed by atoms with Crippen LogP contribution in [0.3, 0.4) is 0 Å². The van der Waals surface area contributed by atoms with Crippen molar-refractivity contribution in [3.05, 3.63) is 65.7 Å². The molecule has 0 heterocycles. The molecular formula is C19H22N2O2. The number of aryl methyl sites for hydroxylation is 2. The third kappa shape index (κ3) is 5.25. The van der Waals surface area contributed by atoms with E-state index in [-0.39, 0.29) is 6.04 Å². The number of carbonyl (C=O) groups is 2. The first-order valence-electron chi connectivity index (χ1n) is 7.77. The first kappa shape index (κ1) is 16.7. The zero-order valence-electron chi connectivity index (χ0n) is 13.5. The summed E-state index contributed by atoms with van der Waals surface area (Å²) >= 11 is 0.